The number of fused-ring (bicyclic) bond motifs is 7. The quantitative estimate of drug-likeness (QED) is 0.147. The van der Waals surface area contributed by atoms with Crippen LogP contribution in [0.4, 0.5) is 0 Å². The van der Waals surface area contributed by atoms with Crippen molar-refractivity contribution in [1.29, 1.82) is 0 Å². The standard InChI is InChI=1S/C62H52/c1-3-15-41(16-4-1)45-31-33-55-59(37-45)57(49-25-11-23-47(35-49)53-29-13-21-43-19-7-9-27-51(43)53)39-62-56-34-32-46(42-17-5-2-6-18-42)38-60(56)58(40-61(55)62)50-26-12-24-48(36-50)54-30-14-22-44-20-8-10-28-52(44)54/h7-14,19-42H,1-6,15-18H2. The number of hydrogen-bond donors (Lipinski definition) is 0. The van der Waals surface area contributed by atoms with E-state index in [1.807, 2.05) is 0 Å². The zero-order valence-electron chi connectivity index (χ0n) is 35.5. The molecule has 0 spiro atoms. The van der Waals surface area contributed by atoms with Crippen LogP contribution < -0.4 is 0 Å². The highest BCUT2D eigenvalue weighted by atomic mass is 14.3. The molecule has 62 heavy (non-hydrogen) atoms. The SMILES string of the molecule is c1cc(-c2cccc3ccccc23)cc(-c2cc3c4ccc(C5CCCCC5)cc4c(-c4cccc(-c5cccc6ccccc56)c4)cc3c3ccc(C4CCCCC4)cc23)c1. The van der Waals surface area contributed by atoms with Gasteiger partial charge in [-0.3, -0.25) is 0 Å². The van der Waals surface area contributed by atoms with Gasteiger partial charge >= 0.3 is 0 Å². The van der Waals surface area contributed by atoms with Crippen molar-refractivity contribution in [3.8, 4) is 44.5 Å². The van der Waals surface area contributed by atoms with E-state index in [0.717, 1.165) is 0 Å². The van der Waals surface area contributed by atoms with Crippen molar-refractivity contribution < 1.29 is 0 Å². The van der Waals surface area contributed by atoms with Gasteiger partial charge in [0.15, 0.2) is 0 Å². The summed E-state index contributed by atoms with van der Waals surface area (Å²) >= 11 is 0. The molecule has 2 fully saturated rings. The topological polar surface area (TPSA) is 0 Å². The third-order valence-corrected chi connectivity index (χ3v) is 14.8. The second-order valence-electron chi connectivity index (χ2n) is 18.4. The number of benzene rings is 10. The van der Waals surface area contributed by atoms with Gasteiger partial charge in [0.1, 0.15) is 0 Å². The van der Waals surface area contributed by atoms with Crippen LogP contribution in [0.25, 0.3) is 98.4 Å². The first-order valence-electron chi connectivity index (χ1n) is 23.4. The van der Waals surface area contributed by atoms with Crippen LogP contribution in [0, 0.1) is 0 Å². The predicted molar refractivity (Wildman–Crippen MR) is 267 cm³/mol. The monoisotopic (exact) mass is 796 g/mol. The lowest BCUT2D eigenvalue weighted by atomic mass is 9.80. The summed E-state index contributed by atoms with van der Waals surface area (Å²) in [7, 11) is 0. The van der Waals surface area contributed by atoms with E-state index in [2.05, 4.69) is 182 Å². The van der Waals surface area contributed by atoms with Crippen LogP contribution in [-0.4, -0.2) is 0 Å². The average molecular weight is 797 g/mol. The molecule has 0 atom stereocenters. The molecule has 300 valence electrons. The maximum atomic E-state index is 2.59. The van der Waals surface area contributed by atoms with Gasteiger partial charge in [-0.05, 0) is 171 Å². The first-order valence-corrected chi connectivity index (χ1v) is 23.4. The van der Waals surface area contributed by atoms with Gasteiger partial charge in [0.05, 0.1) is 0 Å². The van der Waals surface area contributed by atoms with Crippen molar-refractivity contribution in [2.45, 2.75) is 76.0 Å². The van der Waals surface area contributed by atoms with Crippen molar-refractivity contribution in [3.63, 3.8) is 0 Å². The second kappa shape index (κ2) is 15.8. The van der Waals surface area contributed by atoms with E-state index in [1.54, 1.807) is 0 Å². The Balaban J connectivity index is 1.12. The van der Waals surface area contributed by atoms with Crippen LogP contribution in [0.1, 0.15) is 87.2 Å². The predicted octanol–water partition coefficient (Wildman–Crippen LogP) is 18.2. The molecule has 0 saturated heterocycles. The lowest BCUT2D eigenvalue weighted by Crippen LogP contribution is -2.04. The smallest absolute Gasteiger partial charge is 0.00923 e. The lowest BCUT2D eigenvalue weighted by Gasteiger charge is -2.24. The van der Waals surface area contributed by atoms with Gasteiger partial charge in [-0.1, -0.05) is 196 Å². The fourth-order valence-electron chi connectivity index (χ4n) is 11.6. The highest BCUT2D eigenvalue weighted by molar-refractivity contribution is 6.24. The molecule has 0 bridgehead atoms. The van der Waals surface area contributed by atoms with Crippen molar-refractivity contribution >= 4 is 53.9 Å². The Bertz CT molecular complexity index is 3080. The second-order valence-corrected chi connectivity index (χ2v) is 18.4. The Morgan fingerprint density at radius 2 is 0.629 bits per heavy atom. The zero-order chi connectivity index (χ0) is 41.0. The van der Waals surface area contributed by atoms with E-state index in [9.17, 15) is 0 Å². The van der Waals surface area contributed by atoms with E-state index in [1.165, 1.54) is 174 Å². The molecule has 0 aliphatic heterocycles. The number of rotatable bonds is 6. The summed E-state index contributed by atoms with van der Waals surface area (Å²) in [5.74, 6) is 1.25. The van der Waals surface area contributed by atoms with E-state index >= 15 is 0 Å². The molecule has 0 radical (unpaired) electrons. The Labute approximate surface area is 365 Å². The lowest BCUT2D eigenvalue weighted by molar-refractivity contribution is 0.444. The summed E-state index contributed by atoms with van der Waals surface area (Å²) in [6.45, 7) is 0. The van der Waals surface area contributed by atoms with E-state index in [-0.39, 0.29) is 0 Å². The molecule has 2 aliphatic rings. The fourth-order valence-corrected chi connectivity index (χ4v) is 11.6. The first kappa shape index (κ1) is 37.3. The molecule has 0 aromatic heterocycles. The van der Waals surface area contributed by atoms with Gasteiger partial charge in [0.25, 0.3) is 0 Å². The molecule has 12 rings (SSSR count). The Hall–Kier alpha value is -6.50. The zero-order valence-corrected chi connectivity index (χ0v) is 35.5. The molecule has 10 aromatic carbocycles. The Morgan fingerprint density at radius 1 is 0.242 bits per heavy atom. The third kappa shape index (κ3) is 6.60. The maximum absolute atomic E-state index is 2.59. The molecule has 2 aliphatic carbocycles. The Morgan fingerprint density at radius 3 is 1.08 bits per heavy atom. The van der Waals surface area contributed by atoms with Crippen LogP contribution in [-0.2, 0) is 0 Å². The van der Waals surface area contributed by atoms with E-state index in [4.69, 9.17) is 0 Å². The minimum absolute atomic E-state index is 0.626. The highest BCUT2D eigenvalue weighted by Crippen LogP contribution is 2.46. The van der Waals surface area contributed by atoms with Crippen LogP contribution >= 0.6 is 0 Å². The molecule has 0 N–H and O–H groups in total. The van der Waals surface area contributed by atoms with Gasteiger partial charge in [0.2, 0.25) is 0 Å². The van der Waals surface area contributed by atoms with Crippen molar-refractivity contribution in [3.05, 3.63) is 193 Å². The van der Waals surface area contributed by atoms with Crippen LogP contribution in [0.5, 0.6) is 0 Å². The third-order valence-electron chi connectivity index (χ3n) is 14.8. The molecule has 2 saturated carbocycles. The fraction of sp³-hybridized carbons (Fsp3) is 0.194. The minimum Gasteiger partial charge on any atom is -0.0616 e. The largest absolute Gasteiger partial charge is 0.0616 e. The Kier molecular flexibility index (Phi) is 9.47. The summed E-state index contributed by atoms with van der Waals surface area (Å²) < 4.78 is 0. The molecule has 0 amide bonds. The van der Waals surface area contributed by atoms with Crippen LogP contribution in [0.2, 0.25) is 0 Å². The molecule has 0 unspecified atom stereocenters. The molecular formula is C62H52. The van der Waals surface area contributed by atoms with Crippen molar-refractivity contribution in [2.75, 3.05) is 0 Å². The summed E-state index contributed by atoms with van der Waals surface area (Å²) in [6, 6.07) is 70.0. The number of hydrogen-bond acceptors (Lipinski definition) is 0. The van der Waals surface area contributed by atoms with Crippen LogP contribution in [0.15, 0.2) is 182 Å². The first-order chi connectivity index (χ1) is 30.7. The highest BCUT2D eigenvalue weighted by Gasteiger charge is 2.22. The van der Waals surface area contributed by atoms with Crippen molar-refractivity contribution in [1.82, 2.24) is 0 Å². The van der Waals surface area contributed by atoms with Gasteiger partial charge < -0.3 is 0 Å². The summed E-state index contributed by atoms with van der Waals surface area (Å²) in [5, 5.41) is 13.3. The molecular weight excluding hydrogens is 745 g/mol. The molecule has 0 nitrogen and oxygen atoms in total. The van der Waals surface area contributed by atoms with Crippen molar-refractivity contribution in [2.24, 2.45) is 0 Å². The molecule has 0 heteroatoms. The van der Waals surface area contributed by atoms with Gasteiger partial charge in [-0.2, -0.15) is 0 Å². The molecule has 10 aromatic rings. The molecule has 0 heterocycles. The summed E-state index contributed by atoms with van der Waals surface area (Å²) in [6.07, 6.45) is 13.2. The van der Waals surface area contributed by atoms with Gasteiger partial charge in [-0.15, -0.1) is 0 Å². The average Bonchev–Trinajstić information content (AvgIpc) is 3.35. The van der Waals surface area contributed by atoms with Crippen LogP contribution in [0.3, 0.4) is 0 Å². The van der Waals surface area contributed by atoms with E-state index < -0.39 is 0 Å². The van der Waals surface area contributed by atoms with Gasteiger partial charge in [-0.25, -0.2) is 0 Å². The van der Waals surface area contributed by atoms with Gasteiger partial charge in [0, 0.05) is 0 Å². The normalized spacial score (nSPS) is 15.3. The summed E-state index contributed by atoms with van der Waals surface area (Å²) in [4.78, 5) is 0. The summed E-state index contributed by atoms with van der Waals surface area (Å²) in [5.41, 5.74) is 13.3. The maximum Gasteiger partial charge on any atom is -0.00923 e. The minimum atomic E-state index is 0.626. The van der Waals surface area contributed by atoms with E-state index in [0.29, 0.717) is 11.8 Å².